The van der Waals surface area contributed by atoms with Crippen molar-refractivity contribution < 1.29 is 24.5 Å². The molecule has 1 fully saturated rings. The lowest BCUT2D eigenvalue weighted by Crippen LogP contribution is -2.44. The molecular weight excluding hydrogens is 448 g/mol. The standard InChI is InChI=1S/C26H32N4O5/c1-3-17-8-4-5-9-20(17)29-24-18-14-23(35-13-7-12-30-11-6-10-26(30,32)33)22(34-2)15-21(18)28-16-19(24)25(27)31/h4-5,8-9,14-16,32-33H,3,6-7,10-13H2,1-2H3,(H2,27,31)(H,28,29). The number of nitrogens with one attached hydrogen (secondary N) is 1. The number of ether oxygens (including phenoxy) is 2. The summed E-state index contributed by atoms with van der Waals surface area (Å²) in [4.78, 5) is 18.3. The van der Waals surface area contributed by atoms with Gasteiger partial charge in [0.15, 0.2) is 11.5 Å². The molecule has 0 aliphatic carbocycles. The Kier molecular flexibility index (Phi) is 7.39. The van der Waals surface area contributed by atoms with Crippen molar-refractivity contribution in [2.45, 2.75) is 38.5 Å². The van der Waals surface area contributed by atoms with Gasteiger partial charge < -0.3 is 30.7 Å². The summed E-state index contributed by atoms with van der Waals surface area (Å²) in [5, 5.41) is 24.1. The van der Waals surface area contributed by atoms with Crippen molar-refractivity contribution in [2.24, 2.45) is 5.73 Å². The third-order valence-corrected chi connectivity index (χ3v) is 6.35. The number of carbonyl (C=O) groups excluding carboxylic acids is 1. The van der Waals surface area contributed by atoms with Crippen LogP contribution in [0, 0.1) is 0 Å². The number of anilines is 2. The normalized spacial score (nSPS) is 15.3. The van der Waals surface area contributed by atoms with Gasteiger partial charge in [0.05, 0.1) is 30.5 Å². The van der Waals surface area contributed by atoms with E-state index in [4.69, 9.17) is 15.2 Å². The summed E-state index contributed by atoms with van der Waals surface area (Å²) in [7, 11) is 1.55. The van der Waals surface area contributed by atoms with Crippen LogP contribution < -0.4 is 20.5 Å². The van der Waals surface area contributed by atoms with E-state index in [1.165, 1.54) is 6.20 Å². The molecule has 9 nitrogen and oxygen atoms in total. The fraction of sp³-hybridized carbons (Fsp3) is 0.385. The third kappa shape index (κ3) is 5.32. The molecule has 0 unspecified atom stereocenters. The molecular formula is C26H32N4O5. The summed E-state index contributed by atoms with van der Waals surface area (Å²) >= 11 is 0. The molecule has 0 bridgehead atoms. The van der Waals surface area contributed by atoms with E-state index in [9.17, 15) is 15.0 Å². The predicted octanol–water partition coefficient (Wildman–Crippen LogP) is 3.15. The van der Waals surface area contributed by atoms with Crippen LogP contribution in [0.5, 0.6) is 11.5 Å². The van der Waals surface area contributed by atoms with Crippen LogP contribution in [0.25, 0.3) is 10.9 Å². The number of primary amides is 1. The fourth-order valence-electron chi connectivity index (χ4n) is 4.45. The first-order valence-electron chi connectivity index (χ1n) is 11.8. The highest BCUT2D eigenvalue weighted by Crippen LogP contribution is 2.38. The van der Waals surface area contributed by atoms with Gasteiger partial charge in [-0.2, -0.15) is 0 Å². The second kappa shape index (κ2) is 10.5. The lowest BCUT2D eigenvalue weighted by atomic mass is 10.1. The lowest BCUT2D eigenvalue weighted by molar-refractivity contribution is -0.244. The van der Waals surface area contributed by atoms with Crippen molar-refractivity contribution in [1.82, 2.24) is 9.88 Å². The summed E-state index contributed by atoms with van der Waals surface area (Å²) < 4.78 is 11.5. The highest BCUT2D eigenvalue weighted by molar-refractivity contribution is 6.08. The van der Waals surface area contributed by atoms with Crippen LogP contribution in [-0.2, 0) is 6.42 Å². The van der Waals surface area contributed by atoms with Crippen molar-refractivity contribution in [3.63, 3.8) is 0 Å². The average Bonchev–Trinajstić information content (AvgIpc) is 3.19. The number of rotatable bonds is 10. The number of likely N-dealkylation sites (tertiary alicyclic amines) is 1. The number of aromatic nitrogens is 1. The quantitative estimate of drug-likeness (QED) is 0.257. The molecule has 9 heteroatoms. The van der Waals surface area contributed by atoms with Gasteiger partial charge in [-0.1, -0.05) is 25.1 Å². The van der Waals surface area contributed by atoms with E-state index < -0.39 is 11.8 Å². The first-order chi connectivity index (χ1) is 16.8. The number of aryl methyl sites for hydroxylation is 1. The maximum absolute atomic E-state index is 12.2. The van der Waals surface area contributed by atoms with Crippen molar-refractivity contribution in [3.05, 3.63) is 53.7 Å². The Bertz CT molecular complexity index is 1210. The molecule has 186 valence electrons. The van der Waals surface area contributed by atoms with E-state index in [0.717, 1.165) is 24.1 Å². The first-order valence-corrected chi connectivity index (χ1v) is 11.8. The number of amides is 1. The minimum Gasteiger partial charge on any atom is -0.493 e. The van der Waals surface area contributed by atoms with E-state index in [1.807, 2.05) is 24.3 Å². The van der Waals surface area contributed by atoms with Crippen molar-refractivity contribution in [1.29, 1.82) is 0 Å². The summed E-state index contributed by atoms with van der Waals surface area (Å²) in [5.41, 5.74) is 9.12. The fourth-order valence-corrected chi connectivity index (χ4v) is 4.45. The Labute approximate surface area is 204 Å². The number of pyridine rings is 1. The van der Waals surface area contributed by atoms with Gasteiger partial charge in [0.25, 0.3) is 5.91 Å². The van der Waals surface area contributed by atoms with E-state index in [0.29, 0.717) is 60.6 Å². The highest BCUT2D eigenvalue weighted by atomic mass is 16.5. The van der Waals surface area contributed by atoms with Crippen molar-refractivity contribution in [2.75, 3.05) is 32.1 Å². The zero-order valence-corrected chi connectivity index (χ0v) is 20.1. The SMILES string of the molecule is CCc1ccccc1Nc1c(C(N)=O)cnc2cc(OC)c(OCCCN3CCCC3(O)O)cc12. The molecule has 0 spiro atoms. The highest BCUT2D eigenvalue weighted by Gasteiger charge is 2.36. The summed E-state index contributed by atoms with van der Waals surface area (Å²) in [6, 6.07) is 11.4. The summed E-state index contributed by atoms with van der Waals surface area (Å²) in [6.07, 6.45) is 3.98. The Morgan fingerprint density at radius 2 is 2.06 bits per heavy atom. The van der Waals surface area contributed by atoms with Gasteiger partial charge in [-0.05, 0) is 37.0 Å². The maximum Gasteiger partial charge on any atom is 0.252 e. The van der Waals surface area contributed by atoms with E-state index >= 15 is 0 Å². The van der Waals surface area contributed by atoms with Crippen LogP contribution >= 0.6 is 0 Å². The van der Waals surface area contributed by atoms with Gasteiger partial charge in [-0.25, -0.2) is 0 Å². The molecule has 2 heterocycles. The molecule has 0 radical (unpaired) electrons. The Hall–Kier alpha value is -3.40. The molecule has 4 rings (SSSR count). The van der Waals surface area contributed by atoms with Gasteiger partial charge in [0.1, 0.15) is 0 Å². The van der Waals surface area contributed by atoms with Crippen molar-refractivity contribution in [3.8, 4) is 11.5 Å². The van der Waals surface area contributed by atoms with Crippen LogP contribution in [0.4, 0.5) is 11.4 Å². The number of methoxy groups -OCH3 is 1. The van der Waals surface area contributed by atoms with Gasteiger partial charge in [-0.15, -0.1) is 0 Å². The van der Waals surface area contributed by atoms with Crippen LogP contribution in [0.15, 0.2) is 42.6 Å². The first kappa shape index (κ1) is 24.7. The molecule has 1 saturated heterocycles. The number of nitrogens with two attached hydrogens (primary N) is 1. The van der Waals surface area contributed by atoms with Gasteiger partial charge in [0.2, 0.25) is 5.91 Å². The number of nitrogens with zero attached hydrogens (tertiary/aromatic N) is 2. The van der Waals surface area contributed by atoms with Gasteiger partial charge >= 0.3 is 0 Å². The number of fused-ring (bicyclic) bond motifs is 1. The zero-order chi connectivity index (χ0) is 25.0. The van der Waals surface area contributed by atoms with Crippen molar-refractivity contribution >= 4 is 28.2 Å². The molecule has 1 amide bonds. The molecule has 5 N–H and O–H groups in total. The number of hydrogen-bond acceptors (Lipinski definition) is 8. The molecule has 1 aromatic heterocycles. The number of aliphatic hydroxyl groups is 2. The van der Waals surface area contributed by atoms with Gasteiger partial charge in [-0.3, -0.25) is 14.7 Å². The molecule has 1 aliphatic heterocycles. The number of benzene rings is 2. The molecule has 35 heavy (non-hydrogen) atoms. The summed E-state index contributed by atoms with van der Waals surface area (Å²) in [5.74, 6) is -1.32. The molecule has 0 saturated carbocycles. The van der Waals surface area contributed by atoms with E-state index in [2.05, 4.69) is 17.2 Å². The Morgan fingerprint density at radius 3 is 2.74 bits per heavy atom. The minimum atomic E-state index is -1.74. The Morgan fingerprint density at radius 1 is 1.26 bits per heavy atom. The third-order valence-electron chi connectivity index (χ3n) is 6.35. The predicted molar refractivity (Wildman–Crippen MR) is 134 cm³/mol. The number of carbonyl (C=O) groups is 1. The smallest absolute Gasteiger partial charge is 0.252 e. The van der Waals surface area contributed by atoms with Crippen LogP contribution in [-0.4, -0.2) is 58.7 Å². The van der Waals surface area contributed by atoms with E-state index in [-0.39, 0.29) is 5.56 Å². The molecule has 2 aromatic carbocycles. The molecule has 0 atom stereocenters. The lowest BCUT2D eigenvalue weighted by Gasteiger charge is -2.27. The monoisotopic (exact) mass is 480 g/mol. The summed E-state index contributed by atoms with van der Waals surface area (Å²) in [6.45, 7) is 3.55. The van der Waals surface area contributed by atoms with Crippen LogP contribution in [0.2, 0.25) is 0 Å². The van der Waals surface area contributed by atoms with E-state index in [1.54, 1.807) is 24.1 Å². The second-order valence-corrected chi connectivity index (χ2v) is 8.63. The zero-order valence-electron chi connectivity index (χ0n) is 20.1. The number of hydrogen-bond donors (Lipinski definition) is 4. The maximum atomic E-state index is 12.2. The van der Waals surface area contributed by atoms with Gasteiger partial charge in [0, 0.05) is 42.8 Å². The topological polar surface area (TPSA) is 130 Å². The van der Waals surface area contributed by atoms with Crippen LogP contribution in [0.1, 0.15) is 42.1 Å². The largest absolute Gasteiger partial charge is 0.493 e. The molecule has 3 aromatic rings. The minimum absolute atomic E-state index is 0.274. The average molecular weight is 481 g/mol. The number of para-hydroxylation sites is 1. The molecule has 1 aliphatic rings. The van der Waals surface area contributed by atoms with Crippen LogP contribution in [0.3, 0.4) is 0 Å². The second-order valence-electron chi connectivity index (χ2n) is 8.63. The Balaban J connectivity index is 1.64.